The lowest BCUT2D eigenvalue weighted by molar-refractivity contribution is 0.102. The van der Waals surface area contributed by atoms with Crippen LogP contribution < -0.4 is 10.2 Å². The summed E-state index contributed by atoms with van der Waals surface area (Å²) in [7, 11) is 0. The Morgan fingerprint density at radius 1 is 1.27 bits per heavy atom. The Morgan fingerprint density at radius 2 is 2.00 bits per heavy atom. The third kappa shape index (κ3) is 3.15. The van der Waals surface area contributed by atoms with Gasteiger partial charge in [0, 0.05) is 18.5 Å². The van der Waals surface area contributed by atoms with E-state index in [1.165, 1.54) is 11.3 Å². The zero-order valence-electron chi connectivity index (χ0n) is 12.6. The number of carbonyl (C=O) groups is 1. The minimum absolute atomic E-state index is 0.0664. The predicted molar refractivity (Wildman–Crippen MR) is 90.9 cm³/mol. The van der Waals surface area contributed by atoms with Gasteiger partial charge in [0.25, 0.3) is 5.91 Å². The highest BCUT2D eigenvalue weighted by Gasteiger charge is 2.20. The zero-order chi connectivity index (χ0) is 15.5. The van der Waals surface area contributed by atoms with Gasteiger partial charge < -0.3 is 15.3 Å². The molecule has 22 heavy (non-hydrogen) atoms. The molecule has 1 fully saturated rings. The van der Waals surface area contributed by atoms with Crippen LogP contribution in [0.15, 0.2) is 35.0 Å². The van der Waals surface area contributed by atoms with E-state index in [9.17, 15) is 9.90 Å². The second-order valence-corrected chi connectivity index (χ2v) is 6.40. The predicted octanol–water partition coefficient (Wildman–Crippen LogP) is 3.27. The van der Waals surface area contributed by atoms with Gasteiger partial charge in [-0.25, -0.2) is 0 Å². The molecule has 0 radical (unpaired) electrons. The van der Waals surface area contributed by atoms with E-state index >= 15 is 0 Å². The van der Waals surface area contributed by atoms with Gasteiger partial charge in [-0.05, 0) is 42.8 Å². The van der Waals surface area contributed by atoms with Gasteiger partial charge in [0.2, 0.25) is 0 Å². The van der Waals surface area contributed by atoms with Crippen LogP contribution in [0, 0.1) is 6.92 Å². The molecule has 5 heteroatoms. The summed E-state index contributed by atoms with van der Waals surface area (Å²) in [4.78, 5) is 14.6. The highest BCUT2D eigenvalue weighted by atomic mass is 32.1. The SMILES string of the molecule is Cc1cscc1C(=O)Nc1ccccc1N1CCC(O)CC1. The third-order valence-corrected chi connectivity index (χ3v) is 4.92. The molecular weight excluding hydrogens is 296 g/mol. The molecule has 2 heterocycles. The minimum atomic E-state index is -0.202. The van der Waals surface area contributed by atoms with E-state index in [4.69, 9.17) is 0 Å². The summed E-state index contributed by atoms with van der Waals surface area (Å²) >= 11 is 1.54. The first-order valence-corrected chi connectivity index (χ1v) is 8.45. The Kier molecular flexibility index (Phi) is 4.45. The smallest absolute Gasteiger partial charge is 0.256 e. The number of piperidine rings is 1. The molecule has 1 aliphatic rings. The van der Waals surface area contributed by atoms with E-state index in [1.807, 2.05) is 41.9 Å². The molecule has 1 aliphatic heterocycles. The Hall–Kier alpha value is -1.85. The van der Waals surface area contributed by atoms with Gasteiger partial charge in [0.1, 0.15) is 0 Å². The molecule has 1 amide bonds. The lowest BCUT2D eigenvalue weighted by Gasteiger charge is -2.32. The van der Waals surface area contributed by atoms with E-state index in [0.29, 0.717) is 0 Å². The van der Waals surface area contributed by atoms with Crippen molar-refractivity contribution in [3.05, 3.63) is 46.2 Å². The van der Waals surface area contributed by atoms with Crippen molar-refractivity contribution in [2.24, 2.45) is 0 Å². The summed E-state index contributed by atoms with van der Waals surface area (Å²) in [5.41, 5.74) is 3.58. The van der Waals surface area contributed by atoms with Gasteiger partial charge >= 0.3 is 0 Å². The number of nitrogens with zero attached hydrogens (tertiary/aromatic N) is 1. The fraction of sp³-hybridized carbons (Fsp3) is 0.353. The van der Waals surface area contributed by atoms with Crippen molar-refractivity contribution in [1.29, 1.82) is 0 Å². The average Bonchev–Trinajstić information content (AvgIpc) is 2.95. The molecule has 0 saturated carbocycles. The van der Waals surface area contributed by atoms with Crippen LogP contribution in [0.25, 0.3) is 0 Å². The summed E-state index contributed by atoms with van der Waals surface area (Å²) < 4.78 is 0. The largest absolute Gasteiger partial charge is 0.393 e. The maximum absolute atomic E-state index is 12.4. The maximum atomic E-state index is 12.4. The summed E-state index contributed by atoms with van der Waals surface area (Å²) in [6, 6.07) is 7.86. The first kappa shape index (κ1) is 15.1. The van der Waals surface area contributed by atoms with Crippen LogP contribution in [0.3, 0.4) is 0 Å². The summed E-state index contributed by atoms with van der Waals surface area (Å²) in [5.74, 6) is -0.0664. The van der Waals surface area contributed by atoms with Crippen molar-refractivity contribution in [2.75, 3.05) is 23.3 Å². The van der Waals surface area contributed by atoms with Gasteiger partial charge in [-0.15, -0.1) is 0 Å². The monoisotopic (exact) mass is 316 g/mol. The first-order chi connectivity index (χ1) is 10.6. The number of carbonyl (C=O) groups excluding carboxylic acids is 1. The number of hydrogen-bond donors (Lipinski definition) is 2. The topological polar surface area (TPSA) is 52.6 Å². The minimum Gasteiger partial charge on any atom is -0.393 e. The summed E-state index contributed by atoms with van der Waals surface area (Å²) in [6.07, 6.45) is 1.34. The molecule has 0 aliphatic carbocycles. The molecule has 116 valence electrons. The Labute approximate surface area is 134 Å². The van der Waals surface area contributed by atoms with E-state index in [1.54, 1.807) is 0 Å². The highest BCUT2D eigenvalue weighted by Crippen LogP contribution is 2.29. The van der Waals surface area contributed by atoms with Crippen LogP contribution in [-0.4, -0.2) is 30.2 Å². The van der Waals surface area contributed by atoms with Crippen LogP contribution in [-0.2, 0) is 0 Å². The van der Waals surface area contributed by atoms with Gasteiger partial charge in [-0.2, -0.15) is 11.3 Å². The number of aliphatic hydroxyl groups excluding tert-OH is 1. The van der Waals surface area contributed by atoms with Crippen molar-refractivity contribution >= 4 is 28.6 Å². The molecule has 0 atom stereocenters. The fourth-order valence-electron chi connectivity index (χ4n) is 2.74. The number of aryl methyl sites for hydroxylation is 1. The molecule has 4 nitrogen and oxygen atoms in total. The van der Waals surface area contributed by atoms with Gasteiger partial charge in [0.05, 0.1) is 23.0 Å². The van der Waals surface area contributed by atoms with Crippen LogP contribution in [0.5, 0.6) is 0 Å². The van der Waals surface area contributed by atoms with Crippen LogP contribution in [0.1, 0.15) is 28.8 Å². The molecule has 0 bridgehead atoms. The van der Waals surface area contributed by atoms with E-state index in [-0.39, 0.29) is 12.0 Å². The van der Waals surface area contributed by atoms with Gasteiger partial charge in [0.15, 0.2) is 0 Å². The number of aliphatic hydroxyl groups is 1. The molecule has 3 rings (SSSR count). The Bertz CT molecular complexity index is 660. The summed E-state index contributed by atoms with van der Waals surface area (Å²) in [5, 5.41) is 16.5. The van der Waals surface area contributed by atoms with Crippen LogP contribution >= 0.6 is 11.3 Å². The van der Waals surface area contributed by atoms with E-state index in [0.717, 1.165) is 48.4 Å². The van der Waals surface area contributed by atoms with E-state index in [2.05, 4.69) is 10.2 Å². The third-order valence-electron chi connectivity index (χ3n) is 4.06. The zero-order valence-corrected chi connectivity index (χ0v) is 13.4. The highest BCUT2D eigenvalue weighted by molar-refractivity contribution is 7.08. The number of nitrogens with one attached hydrogen (secondary N) is 1. The lowest BCUT2D eigenvalue weighted by Crippen LogP contribution is -2.36. The Morgan fingerprint density at radius 3 is 2.68 bits per heavy atom. The van der Waals surface area contributed by atoms with Crippen molar-refractivity contribution in [3.63, 3.8) is 0 Å². The average molecular weight is 316 g/mol. The molecule has 1 saturated heterocycles. The van der Waals surface area contributed by atoms with Crippen LogP contribution in [0.2, 0.25) is 0 Å². The quantitative estimate of drug-likeness (QED) is 0.914. The number of benzene rings is 1. The molecule has 0 spiro atoms. The molecular formula is C17H20N2O2S. The molecule has 2 N–H and O–H groups in total. The Balaban J connectivity index is 1.80. The van der Waals surface area contributed by atoms with E-state index < -0.39 is 0 Å². The standard InChI is InChI=1S/C17H20N2O2S/c1-12-10-22-11-14(12)17(21)18-15-4-2-3-5-16(15)19-8-6-13(20)7-9-19/h2-5,10-11,13,20H,6-9H2,1H3,(H,18,21). The number of thiophene rings is 1. The normalized spacial score (nSPS) is 15.8. The fourth-order valence-corrected chi connectivity index (χ4v) is 3.57. The molecule has 0 unspecified atom stereocenters. The van der Waals surface area contributed by atoms with Crippen LogP contribution in [0.4, 0.5) is 11.4 Å². The molecule has 2 aromatic rings. The summed E-state index contributed by atoms with van der Waals surface area (Å²) in [6.45, 7) is 3.57. The van der Waals surface area contributed by atoms with Crippen molar-refractivity contribution in [3.8, 4) is 0 Å². The molecule has 1 aromatic carbocycles. The number of hydrogen-bond acceptors (Lipinski definition) is 4. The lowest BCUT2D eigenvalue weighted by atomic mass is 10.1. The van der Waals surface area contributed by atoms with Crippen molar-refractivity contribution in [2.45, 2.75) is 25.9 Å². The number of para-hydroxylation sites is 2. The number of amides is 1. The maximum Gasteiger partial charge on any atom is 0.256 e. The second-order valence-electron chi connectivity index (χ2n) is 5.66. The van der Waals surface area contributed by atoms with Gasteiger partial charge in [-0.1, -0.05) is 12.1 Å². The van der Waals surface area contributed by atoms with Crippen molar-refractivity contribution in [1.82, 2.24) is 0 Å². The second kappa shape index (κ2) is 6.50. The van der Waals surface area contributed by atoms with Crippen molar-refractivity contribution < 1.29 is 9.90 Å². The first-order valence-electron chi connectivity index (χ1n) is 7.51. The number of rotatable bonds is 3. The molecule has 1 aromatic heterocycles. The number of anilines is 2. The van der Waals surface area contributed by atoms with Gasteiger partial charge in [-0.3, -0.25) is 4.79 Å².